The largest absolute Gasteiger partial charge is 0.379 e. The molecule has 1 aromatic rings. The van der Waals surface area contributed by atoms with Gasteiger partial charge < -0.3 is 19.9 Å². The van der Waals surface area contributed by atoms with Gasteiger partial charge in [0.25, 0.3) is 0 Å². The second kappa shape index (κ2) is 12.9. The maximum absolute atomic E-state index is 5.50. The molecule has 0 saturated heterocycles. The van der Waals surface area contributed by atoms with Gasteiger partial charge in [-0.1, -0.05) is 0 Å². The zero-order valence-corrected chi connectivity index (χ0v) is 15.7. The second-order valence-electron chi connectivity index (χ2n) is 4.88. The van der Waals surface area contributed by atoms with Gasteiger partial charge in [0.2, 0.25) is 0 Å². The van der Waals surface area contributed by atoms with E-state index >= 15 is 0 Å². The first-order valence-electron chi connectivity index (χ1n) is 7.47. The normalized spacial score (nSPS) is 11.3. The van der Waals surface area contributed by atoms with Gasteiger partial charge in [-0.15, -0.1) is 24.0 Å². The molecule has 0 atom stereocenters. The number of halogens is 1. The van der Waals surface area contributed by atoms with Gasteiger partial charge in [0.1, 0.15) is 0 Å². The highest BCUT2D eigenvalue weighted by molar-refractivity contribution is 14.0. The molecule has 2 N–H and O–H groups in total. The molecule has 0 aromatic carbocycles. The molecule has 0 fully saturated rings. The van der Waals surface area contributed by atoms with Crippen molar-refractivity contribution in [3.63, 3.8) is 0 Å². The first-order valence-corrected chi connectivity index (χ1v) is 7.47. The summed E-state index contributed by atoms with van der Waals surface area (Å²) in [5.74, 6) is 0.879. The van der Waals surface area contributed by atoms with Crippen molar-refractivity contribution in [3.05, 3.63) is 24.5 Å². The Kier molecular flexibility index (Phi) is 12.5. The Bertz CT molecular complexity index is 366. The minimum absolute atomic E-state index is 0. The van der Waals surface area contributed by atoms with Gasteiger partial charge in [0, 0.05) is 45.2 Å². The molecule has 1 heterocycles. The predicted octanol–water partition coefficient (Wildman–Crippen LogP) is 2.48. The van der Waals surface area contributed by atoms with Crippen molar-refractivity contribution in [3.8, 4) is 0 Å². The van der Waals surface area contributed by atoms with Crippen LogP contribution in [0.15, 0.2) is 29.5 Å². The summed E-state index contributed by atoms with van der Waals surface area (Å²) in [7, 11) is 0. The number of hydrogen-bond acceptors (Lipinski definition) is 2. The van der Waals surface area contributed by atoms with Crippen LogP contribution >= 0.6 is 24.0 Å². The number of nitrogens with zero attached hydrogens (tertiary/aromatic N) is 2. The third-order valence-electron chi connectivity index (χ3n) is 2.70. The van der Waals surface area contributed by atoms with Gasteiger partial charge >= 0.3 is 0 Å². The van der Waals surface area contributed by atoms with Crippen molar-refractivity contribution < 1.29 is 4.74 Å². The van der Waals surface area contributed by atoms with E-state index in [0.717, 1.165) is 45.2 Å². The number of nitrogens with one attached hydrogen (secondary N) is 2. The highest BCUT2D eigenvalue weighted by atomic mass is 127. The lowest BCUT2D eigenvalue weighted by atomic mass is 10.4. The van der Waals surface area contributed by atoms with Gasteiger partial charge in [-0.2, -0.15) is 0 Å². The summed E-state index contributed by atoms with van der Waals surface area (Å²) >= 11 is 0. The fraction of sp³-hybridized carbons (Fsp3) is 0.667. The standard InChI is InChI=1S/C15H28N4O.HI/c1-4-16-15(17-8-7-13-20-14(2)3)18-9-12-19-10-5-6-11-19;/h5-6,10-11,14H,4,7-9,12-13H2,1-3H3,(H2,16,17,18);1H. The van der Waals surface area contributed by atoms with Crippen molar-refractivity contribution in [1.82, 2.24) is 15.2 Å². The molecule has 0 saturated carbocycles. The molecule has 0 unspecified atom stereocenters. The number of aromatic nitrogens is 1. The van der Waals surface area contributed by atoms with Crippen LogP contribution in [0.3, 0.4) is 0 Å². The summed E-state index contributed by atoms with van der Waals surface area (Å²) in [5, 5.41) is 6.59. The molecule has 1 rings (SSSR count). The van der Waals surface area contributed by atoms with Gasteiger partial charge in [-0.3, -0.25) is 4.99 Å². The minimum atomic E-state index is 0. The van der Waals surface area contributed by atoms with Crippen LogP contribution in [0.5, 0.6) is 0 Å². The maximum Gasteiger partial charge on any atom is 0.191 e. The number of guanidine groups is 1. The lowest BCUT2D eigenvalue weighted by Crippen LogP contribution is -2.38. The quantitative estimate of drug-likeness (QED) is 0.286. The smallest absolute Gasteiger partial charge is 0.191 e. The Labute approximate surface area is 145 Å². The first-order chi connectivity index (χ1) is 9.72. The SMILES string of the molecule is CCNC(=NCCCOC(C)C)NCCn1cccc1.I. The van der Waals surface area contributed by atoms with E-state index in [1.54, 1.807) is 0 Å². The highest BCUT2D eigenvalue weighted by Gasteiger charge is 1.97. The zero-order valence-electron chi connectivity index (χ0n) is 13.3. The van der Waals surface area contributed by atoms with Gasteiger partial charge in [-0.05, 0) is 39.3 Å². The molecule has 0 aliphatic heterocycles. The van der Waals surface area contributed by atoms with Crippen LogP contribution in [0.25, 0.3) is 0 Å². The van der Waals surface area contributed by atoms with E-state index in [0.29, 0.717) is 6.10 Å². The van der Waals surface area contributed by atoms with Crippen molar-refractivity contribution in [2.45, 2.75) is 39.8 Å². The molecular formula is C15H29IN4O. The third-order valence-corrected chi connectivity index (χ3v) is 2.70. The molecule has 1 aromatic heterocycles. The summed E-state index contributed by atoms with van der Waals surface area (Å²) in [6.45, 7) is 10.4. The Morgan fingerprint density at radius 3 is 2.57 bits per heavy atom. The molecule has 0 aliphatic rings. The molecule has 0 bridgehead atoms. The Morgan fingerprint density at radius 1 is 1.24 bits per heavy atom. The summed E-state index contributed by atoms with van der Waals surface area (Å²) in [6.07, 6.45) is 5.38. The molecule has 0 radical (unpaired) electrons. The first kappa shape index (κ1) is 20.2. The van der Waals surface area contributed by atoms with E-state index in [2.05, 4.69) is 53.4 Å². The van der Waals surface area contributed by atoms with Crippen LogP contribution in [0.1, 0.15) is 27.2 Å². The molecule has 122 valence electrons. The molecule has 0 spiro atoms. The minimum Gasteiger partial charge on any atom is -0.379 e. The Morgan fingerprint density at radius 2 is 1.95 bits per heavy atom. The van der Waals surface area contributed by atoms with Crippen LogP contribution < -0.4 is 10.6 Å². The number of hydrogen-bond donors (Lipinski definition) is 2. The maximum atomic E-state index is 5.50. The number of aliphatic imine (C=N–C) groups is 1. The lowest BCUT2D eigenvalue weighted by molar-refractivity contribution is 0.0782. The second-order valence-corrected chi connectivity index (χ2v) is 4.88. The van der Waals surface area contributed by atoms with Gasteiger partial charge in [0.05, 0.1) is 6.10 Å². The fourth-order valence-electron chi connectivity index (χ4n) is 1.74. The van der Waals surface area contributed by atoms with Crippen LogP contribution in [-0.4, -0.2) is 42.9 Å². The lowest BCUT2D eigenvalue weighted by Gasteiger charge is -2.12. The van der Waals surface area contributed by atoms with Crippen molar-refractivity contribution in [2.75, 3.05) is 26.2 Å². The molecule has 5 nitrogen and oxygen atoms in total. The monoisotopic (exact) mass is 408 g/mol. The zero-order chi connectivity index (χ0) is 14.6. The predicted molar refractivity (Wildman–Crippen MR) is 99.5 cm³/mol. The van der Waals surface area contributed by atoms with E-state index in [1.807, 2.05) is 12.1 Å². The number of ether oxygens (including phenoxy) is 1. The van der Waals surface area contributed by atoms with E-state index in [1.165, 1.54) is 0 Å². The summed E-state index contributed by atoms with van der Waals surface area (Å²) in [4.78, 5) is 4.53. The average molecular weight is 408 g/mol. The molecule has 0 amide bonds. The summed E-state index contributed by atoms with van der Waals surface area (Å²) in [6, 6.07) is 4.07. The topological polar surface area (TPSA) is 50.6 Å². The molecule has 21 heavy (non-hydrogen) atoms. The van der Waals surface area contributed by atoms with E-state index in [-0.39, 0.29) is 24.0 Å². The highest BCUT2D eigenvalue weighted by Crippen LogP contribution is 1.91. The van der Waals surface area contributed by atoms with Crippen molar-refractivity contribution in [2.24, 2.45) is 4.99 Å². The summed E-state index contributed by atoms with van der Waals surface area (Å²) in [5.41, 5.74) is 0. The van der Waals surface area contributed by atoms with Gasteiger partial charge in [0.15, 0.2) is 5.96 Å². The van der Waals surface area contributed by atoms with E-state index < -0.39 is 0 Å². The van der Waals surface area contributed by atoms with E-state index in [9.17, 15) is 0 Å². The van der Waals surface area contributed by atoms with Crippen molar-refractivity contribution in [1.29, 1.82) is 0 Å². The van der Waals surface area contributed by atoms with Crippen LogP contribution in [-0.2, 0) is 11.3 Å². The van der Waals surface area contributed by atoms with Crippen molar-refractivity contribution >= 4 is 29.9 Å². The third kappa shape index (κ3) is 10.6. The summed E-state index contributed by atoms with van der Waals surface area (Å²) < 4.78 is 7.65. The Hall–Kier alpha value is -0.760. The van der Waals surface area contributed by atoms with E-state index in [4.69, 9.17) is 4.74 Å². The van der Waals surface area contributed by atoms with Crippen LogP contribution in [0.4, 0.5) is 0 Å². The Balaban J connectivity index is 0.00000400. The van der Waals surface area contributed by atoms with Crippen LogP contribution in [0, 0.1) is 0 Å². The fourth-order valence-corrected chi connectivity index (χ4v) is 1.74. The average Bonchev–Trinajstić information content (AvgIpc) is 2.91. The molecule has 6 heteroatoms. The van der Waals surface area contributed by atoms with Gasteiger partial charge in [-0.25, -0.2) is 0 Å². The van der Waals surface area contributed by atoms with Crippen LogP contribution in [0.2, 0.25) is 0 Å². The molecule has 0 aliphatic carbocycles. The molecular weight excluding hydrogens is 379 g/mol. The number of rotatable bonds is 9.